The molecular formula is C16H12N4O3S2. The summed E-state index contributed by atoms with van der Waals surface area (Å²) in [7, 11) is 0. The smallest absolute Gasteiger partial charge is 0.292 e. The van der Waals surface area contributed by atoms with E-state index in [0.717, 1.165) is 15.5 Å². The zero-order chi connectivity index (χ0) is 17.6. The van der Waals surface area contributed by atoms with Crippen LogP contribution in [0.1, 0.15) is 0 Å². The van der Waals surface area contributed by atoms with E-state index >= 15 is 0 Å². The van der Waals surface area contributed by atoms with Crippen molar-refractivity contribution in [1.29, 1.82) is 0 Å². The third kappa shape index (κ3) is 4.20. The number of carbonyl (C=O) groups excluding carboxylic acids is 1. The molecule has 9 heteroatoms. The molecule has 0 saturated carbocycles. The zero-order valence-electron chi connectivity index (χ0n) is 12.8. The summed E-state index contributed by atoms with van der Waals surface area (Å²) < 4.78 is 4.77. The highest BCUT2D eigenvalue weighted by molar-refractivity contribution is 8.01. The summed E-state index contributed by atoms with van der Waals surface area (Å²) in [6.45, 7) is 0. The number of nitrogens with one attached hydrogen (secondary N) is 1. The lowest BCUT2D eigenvalue weighted by Gasteiger charge is -2.05. The molecule has 0 spiro atoms. The summed E-state index contributed by atoms with van der Waals surface area (Å²) in [5.41, 5.74) is 1.71. The average molecular weight is 372 g/mol. The fraction of sp³-hybridized carbons (Fsp3) is 0.0625. The fourth-order valence-corrected chi connectivity index (χ4v) is 3.66. The molecule has 1 aromatic heterocycles. The van der Waals surface area contributed by atoms with E-state index in [1.807, 2.05) is 30.3 Å². The lowest BCUT2D eigenvalue weighted by atomic mass is 10.2. The van der Waals surface area contributed by atoms with Crippen LogP contribution in [0.15, 0.2) is 58.8 Å². The van der Waals surface area contributed by atoms with Crippen LogP contribution in [0.25, 0.3) is 11.3 Å². The summed E-state index contributed by atoms with van der Waals surface area (Å²) in [5.74, 6) is -0.220. The molecule has 1 amide bonds. The van der Waals surface area contributed by atoms with Gasteiger partial charge >= 0.3 is 0 Å². The standard InChI is InChI=1S/C16H12N4O3S2/c21-14(17-12-8-4-5-9-13(12)20(22)23)10-24-16-15(18-19-25-16)11-6-2-1-3-7-11/h1-9H,10H2,(H,17,21). The minimum Gasteiger partial charge on any atom is -0.320 e. The Morgan fingerprint density at radius 3 is 2.64 bits per heavy atom. The molecule has 1 N–H and O–H groups in total. The first-order valence-corrected chi connectivity index (χ1v) is 8.95. The molecule has 0 aliphatic rings. The molecule has 25 heavy (non-hydrogen) atoms. The number of hydrogen-bond donors (Lipinski definition) is 1. The van der Waals surface area contributed by atoms with E-state index in [1.165, 1.54) is 35.4 Å². The van der Waals surface area contributed by atoms with E-state index in [-0.39, 0.29) is 23.0 Å². The van der Waals surface area contributed by atoms with Gasteiger partial charge < -0.3 is 5.32 Å². The maximum Gasteiger partial charge on any atom is 0.292 e. The molecule has 0 aliphatic heterocycles. The van der Waals surface area contributed by atoms with Crippen molar-refractivity contribution >= 4 is 40.6 Å². The third-order valence-corrected chi connectivity index (χ3v) is 5.18. The third-order valence-electron chi connectivity index (χ3n) is 3.21. The van der Waals surface area contributed by atoms with Crippen molar-refractivity contribution in [3.63, 3.8) is 0 Å². The molecule has 0 saturated heterocycles. The Labute approximate surface area is 151 Å². The number of amides is 1. The Morgan fingerprint density at radius 1 is 1.16 bits per heavy atom. The van der Waals surface area contributed by atoms with E-state index in [2.05, 4.69) is 14.9 Å². The van der Waals surface area contributed by atoms with Crippen LogP contribution in [-0.4, -0.2) is 26.2 Å². The molecule has 1 heterocycles. The van der Waals surface area contributed by atoms with Crippen LogP contribution in [0.2, 0.25) is 0 Å². The molecule has 7 nitrogen and oxygen atoms in total. The van der Waals surface area contributed by atoms with Crippen molar-refractivity contribution in [2.24, 2.45) is 0 Å². The van der Waals surface area contributed by atoms with Crippen LogP contribution < -0.4 is 5.32 Å². The van der Waals surface area contributed by atoms with Gasteiger partial charge in [0.25, 0.3) is 5.69 Å². The Hall–Kier alpha value is -2.78. The topological polar surface area (TPSA) is 98.0 Å². The van der Waals surface area contributed by atoms with Crippen LogP contribution in [0.4, 0.5) is 11.4 Å². The summed E-state index contributed by atoms with van der Waals surface area (Å²) >= 11 is 2.52. The van der Waals surface area contributed by atoms with E-state index < -0.39 is 4.92 Å². The monoisotopic (exact) mass is 372 g/mol. The van der Waals surface area contributed by atoms with Crippen LogP contribution in [0, 0.1) is 10.1 Å². The second-order valence-corrected chi connectivity index (χ2v) is 6.88. The van der Waals surface area contributed by atoms with Crippen molar-refractivity contribution in [3.8, 4) is 11.3 Å². The van der Waals surface area contributed by atoms with Crippen molar-refractivity contribution in [2.45, 2.75) is 4.21 Å². The number of anilines is 1. The Kier molecular flexibility index (Phi) is 5.36. The van der Waals surface area contributed by atoms with Crippen LogP contribution in [0.5, 0.6) is 0 Å². The Morgan fingerprint density at radius 2 is 1.88 bits per heavy atom. The van der Waals surface area contributed by atoms with Gasteiger partial charge in [0.15, 0.2) is 0 Å². The van der Waals surface area contributed by atoms with E-state index in [9.17, 15) is 14.9 Å². The van der Waals surface area contributed by atoms with Crippen molar-refractivity contribution in [3.05, 3.63) is 64.7 Å². The summed E-state index contributed by atoms with van der Waals surface area (Å²) in [5, 5.41) is 17.7. The molecule has 3 rings (SSSR count). The van der Waals surface area contributed by atoms with Crippen molar-refractivity contribution < 1.29 is 9.72 Å². The Bertz CT molecular complexity index is 899. The number of benzene rings is 2. The number of carbonyl (C=O) groups is 1. The van der Waals surface area contributed by atoms with Gasteiger partial charge in [0.2, 0.25) is 5.91 Å². The molecular weight excluding hydrogens is 360 g/mol. The minimum absolute atomic E-state index is 0.107. The summed E-state index contributed by atoms with van der Waals surface area (Å²) in [6, 6.07) is 15.6. The summed E-state index contributed by atoms with van der Waals surface area (Å²) in [6.07, 6.45) is 0. The Balaban J connectivity index is 1.67. The number of hydrogen-bond acceptors (Lipinski definition) is 7. The molecule has 0 radical (unpaired) electrons. The molecule has 0 aliphatic carbocycles. The molecule has 0 bridgehead atoms. The number of nitro benzene ring substituents is 1. The molecule has 2 aromatic carbocycles. The minimum atomic E-state index is -0.524. The van der Waals surface area contributed by atoms with Crippen LogP contribution in [0.3, 0.4) is 0 Å². The van der Waals surface area contributed by atoms with Gasteiger partial charge in [-0.2, -0.15) is 0 Å². The van der Waals surface area contributed by atoms with E-state index in [4.69, 9.17) is 0 Å². The van der Waals surface area contributed by atoms with Crippen LogP contribution >= 0.6 is 23.3 Å². The maximum absolute atomic E-state index is 12.1. The molecule has 3 aromatic rings. The molecule has 0 unspecified atom stereocenters. The lowest BCUT2D eigenvalue weighted by Crippen LogP contribution is -2.15. The van der Waals surface area contributed by atoms with Gasteiger partial charge in [-0.05, 0) is 17.6 Å². The number of nitrogens with zero attached hydrogens (tertiary/aromatic N) is 3. The number of para-hydroxylation sites is 2. The quantitative estimate of drug-likeness (QED) is 0.401. The van der Waals surface area contributed by atoms with Crippen molar-refractivity contribution in [1.82, 2.24) is 9.59 Å². The van der Waals surface area contributed by atoms with Gasteiger partial charge in [-0.3, -0.25) is 14.9 Å². The molecule has 126 valence electrons. The molecule has 0 atom stereocenters. The van der Waals surface area contributed by atoms with Gasteiger partial charge in [0.1, 0.15) is 15.6 Å². The van der Waals surface area contributed by atoms with Crippen LogP contribution in [-0.2, 0) is 4.79 Å². The predicted molar refractivity (Wildman–Crippen MR) is 97.8 cm³/mol. The normalized spacial score (nSPS) is 10.4. The zero-order valence-corrected chi connectivity index (χ0v) is 14.4. The van der Waals surface area contributed by atoms with Gasteiger partial charge in [0.05, 0.1) is 10.7 Å². The number of thioether (sulfide) groups is 1. The van der Waals surface area contributed by atoms with Crippen molar-refractivity contribution in [2.75, 3.05) is 11.1 Å². The highest BCUT2D eigenvalue weighted by atomic mass is 32.2. The lowest BCUT2D eigenvalue weighted by molar-refractivity contribution is -0.383. The highest BCUT2D eigenvalue weighted by Gasteiger charge is 2.16. The number of aromatic nitrogens is 2. The number of rotatable bonds is 6. The average Bonchev–Trinajstić information content (AvgIpc) is 3.09. The molecule has 0 fully saturated rings. The van der Waals surface area contributed by atoms with Gasteiger partial charge in [-0.1, -0.05) is 47.0 Å². The van der Waals surface area contributed by atoms with Gasteiger partial charge in [-0.25, -0.2) is 0 Å². The first-order chi connectivity index (χ1) is 12.1. The largest absolute Gasteiger partial charge is 0.320 e. The SMILES string of the molecule is O=C(CSc1snnc1-c1ccccc1)Nc1ccccc1[N+](=O)[O-]. The second kappa shape index (κ2) is 7.86. The van der Waals surface area contributed by atoms with E-state index in [1.54, 1.807) is 12.1 Å². The first-order valence-electron chi connectivity index (χ1n) is 7.19. The first kappa shape index (κ1) is 17.1. The summed E-state index contributed by atoms with van der Waals surface area (Å²) in [4.78, 5) is 22.6. The maximum atomic E-state index is 12.1. The fourth-order valence-electron chi connectivity index (χ4n) is 2.10. The highest BCUT2D eigenvalue weighted by Crippen LogP contribution is 2.32. The van der Waals surface area contributed by atoms with E-state index in [0.29, 0.717) is 0 Å². The predicted octanol–water partition coefficient (Wildman–Crippen LogP) is 3.84. The van der Waals surface area contributed by atoms with Gasteiger partial charge in [0, 0.05) is 11.6 Å². The second-order valence-electron chi connectivity index (χ2n) is 4.89. The van der Waals surface area contributed by atoms with Gasteiger partial charge in [-0.15, -0.1) is 16.9 Å². The number of nitro groups is 1.